The molecule has 0 saturated carbocycles. The van der Waals surface area contributed by atoms with Gasteiger partial charge < -0.3 is 10.6 Å². The van der Waals surface area contributed by atoms with Gasteiger partial charge in [-0.15, -0.1) is 0 Å². The summed E-state index contributed by atoms with van der Waals surface area (Å²) in [6, 6.07) is 11.1. The molecule has 0 aromatic heterocycles. The average Bonchev–Trinajstić information content (AvgIpc) is 2.53. The second-order valence-corrected chi connectivity index (χ2v) is 7.91. The van der Waals surface area contributed by atoms with Crippen LogP contribution in [0, 0.1) is 6.92 Å². The fourth-order valence-corrected chi connectivity index (χ4v) is 2.48. The topological polar surface area (TPSA) is 41.1 Å². The van der Waals surface area contributed by atoms with Gasteiger partial charge in [-0.05, 0) is 37.3 Å². The van der Waals surface area contributed by atoms with Gasteiger partial charge in [-0.1, -0.05) is 58.6 Å². The number of hydrogen-bond acceptors (Lipinski definition) is 2. The van der Waals surface area contributed by atoms with E-state index in [1.807, 2.05) is 13.0 Å². The molecule has 0 radical (unpaired) electrons. The molecule has 0 spiro atoms. The van der Waals surface area contributed by atoms with Crippen molar-refractivity contribution in [3.05, 3.63) is 65.2 Å². The van der Waals surface area contributed by atoms with Crippen LogP contribution < -0.4 is 10.6 Å². The number of rotatable bonds is 4. The third-order valence-corrected chi connectivity index (χ3v) is 4.04. The molecular formula is C17H14Cl3F3N2O. The molecule has 1 amide bonds. The van der Waals surface area contributed by atoms with Crippen molar-refractivity contribution in [3.8, 4) is 0 Å². The highest BCUT2D eigenvalue weighted by Gasteiger charge is 2.35. The summed E-state index contributed by atoms with van der Waals surface area (Å²) in [6.45, 7) is 1.81. The van der Waals surface area contributed by atoms with Gasteiger partial charge in [0.1, 0.15) is 6.17 Å². The standard InChI is InChI=1S/C17H14Cl3F3N2O/c1-10-4-2-5-11(8-10)14(26)25-15(16(18,19)20)24-13-7-3-6-12(9-13)17(21,22)23/h2-9,15,24H,1H3,(H,25,26)/t15-/m1/s1. The van der Waals surface area contributed by atoms with Gasteiger partial charge >= 0.3 is 6.18 Å². The van der Waals surface area contributed by atoms with Gasteiger partial charge in [-0.3, -0.25) is 4.79 Å². The van der Waals surface area contributed by atoms with Crippen molar-refractivity contribution in [3.63, 3.8) is 0 Å². The Kier molecular flexibility index (Phi) is 6.32. The SMILES string of the molecule is Cc1cccc(C(=O)N[C@@H](Nc2cccc(C(F)(F)F)c2)C(Cl)(Cl)Cl)c1. The molecule has 0 fully saturated rings. The average molecular weight is 426 g/mol. The fraction of sp³-hybridized carbons (Fsp3) is 0.235. The minimum absolute atomic E-state index is 0.0423. The quantitative estimate of drug-likeness (QED) is 0.498. The van der Waals surface area contributed by atoms with Crippen LogP contribution >= 0.6 is 34.8 Å². The number of benzene rings is 2. The van der Waals surface area contributed by atoms with Crippen molar-refractivity contribution in [2.24, 2.45) is 0 Å². The summed E-state index contributed by atoms with van der Waals surface area (Å²) in [5.74, 6) is -0.537. The van der Waals surface area contributed by atoms with Crippen LogP contribution in [-0.4, -0.2) is 15.9 Å². The molecule has 0 aliphatic heterocycles. The molecule has 0 saturated heterocycles. The molecule has 9 heteroatoms. The van der Waals surface area contributed by atoms with E-state index >= 15 is 0 Å². The maximum absolute atomic E-state index is 12.8. The molecule has 2 N–H and O–H groups in total. The Morgan fingerprint density at radius 3 is 2.27 bits per heavy atom. The van der Waals surface area contributed by atoms with Crippen molar-refractivity contribution >= 4 is 46.4 Å². The van der Waals surface area contributed by atoms with Crippen LogP contribution in [-0.2, 0) is 6.18 Å². The van der Waals surface area contributed by atoms with E-state index in [1.54, 1.807) is 18.2 Å². The van der Waals surface area contributed by atoms with Crippen molar-refractivity contribution < 1.29 is 18.0 Å². The van der Waals surface area contributed by atoms with Crippen molar-refractivity contribution in [2.45, 2.75) is 23.1 Å². The number of anilines is 1. The van der Waals surface area contributed by atoms with Gasteiger partial charge in [0.05, 0.1) is 5.56 Å². The number of amides is 1. The monoisotopic (exact) mass is 424 g/mol. The summed E-state index contributed by atoms with van der Waals surface area (Å²) in [7, 11) is 0. The third-order valence-electron chi connectivity index (χ3n) is 3.38. The van der Waals surface area contributed by atoms with Crippen LogP contribution in [0.4, 0.5) is 18.9 Å². The van der Waals surface area contributed by atoms with E-state index < -0.39 is 27.6 Å². The summed E-state index contributed by atoms with van der Waals surface area (Å²) in [6.07, 6.45) is -5.78. The Morgan fingerprint density at radius 2 is 1.69 bits per heavy atom. The molecule has 0 bridgehead atoms. The van der Waals surface area contributed by atoms with Crippen LogP contribution in [0.3, 0.4) is 0 Å². The molecular weight excluding hydrogens is 412 g/mol. The second kappa shape index (κ2) is 7.94. The molecule has 0 aliphatic carbocycles. The van der Waals surface area contributed by atoms with Gasteiger partial charge in [0.15, 0.2) is 0 Å². The van der Waals surface area contributed by atoms with E-state index in [9.17, 15) is 18.0 Å². The summed E-state index contributed by atoms with van der Waals surface area (Å²) in [5.41, 5.74) is 0.361. The number of carbonyl (C=O) groups is 1. The lowest BCUT2D eigenvalue weighted by atomic mass is 10.1. The number of carbonyl (C=O) groups excluding carboxylic acids is 1. The van der Waals surface area contributed by atoms with E-state index in [4.69, 9.17) is 34.8 Å². The molecule has 140 valence electrons. The largest absolute Gasteiger partial charge is 0.416 e. The van der Waals surface area contributed by atoms with Gasteiger partial charge in [0.2, 0.25) is 3.79 Å². The number of aryl methyl sites for hydroxylation is 1. The highest BCUT2D eigenvalue weighted by Crippen LogP contribution is 2.34. The van der Waals surface area contributed by atoms with E-state index in [1.165, 1.54) is 12.1 Å². The highest BCUT2D eigenvalue weighted by atomic mass is 35.6. The first-order valence-electron chi connectivity index (χ1n) is 7.35. The predicted octanol–water partition coefficient (Wildman–Crippen LogP) is 5.55. The normalized spacial score (nSPS) is 13.2. The smallest absolute Gasteiger partial charge is 0.362 e. The number of hydrogen-bond donors (Lipinski definition) is 2. The highest BCUT2D eigenvalue weighted by molar-refractivity contribution is 6.68. The first kappa shape index (κ1) is 20.7. The molecule has 26 heavy (non-hydrogen) atoms. The zero-order valence-corrected chi connectivity index (χ0v) is 15.6. The zero-order valence-electron chi connectivity index (χ0n) is 13.4. The molecule has 0 unspecified atom stereocenters. The van der Waals surface area contributed by atoms with E-state index in [0.29, 0.717) is 5.56 Å². The van der Waals surface area contributed by atoms with E-state index in [2.05, 4.69) is 10.6 Å². The lowest BCUT2D eigenvalue weighted by molar-refractivity contribution is -0.137. The Labute approximate surface area is 163 Å². The lowest BCUT2D eigenvalue weighted by Crippen LogP contribution is -2.49. The van der Waals surface area contributed by atoms with Crippen LogP contribution in [0.5, 0.6) is 0 Å². The summed E-state index contributed by atoms with van der Waals surface area (Å²) < 4.78 is 36.5. The predicted molar refractivity (Wildman–Crippen MR) is 97.8 cm³/mol. The van der Waals surface area contributed by atoms with Crippen LogP contribution in [0.15, 0.2) is 48.5 Å². The summed E-state index contributed by atoms with van der Waals surface area (Å²) in [5, 5.41) is 5.10. The van der Waals surface area contributed by atoms with E-state index in [-0.39, 0.29) is 5.69 Å². The second-order valence-electron chi connectivity index (χ2n) is 5.54. The minimum atomic E-state index is -4.52. The molecule has 2 rings (SSSR count). The first-order valence-corrected chi connectivity index (χ1v) is 8.48. The number of nitrogens with one attached hydrogen (secondary N) is 2. The van der Waals surface area contributed by atoms with Crippen molar-refractivity contribution in [2.75, 3.05) is 5.32 Å². The molecule has 2 aromatic rings. The number of alkyl halides is 6. The van der Waals surface area contributed by atoms with Gasteiger partial charge in [0.25, 0.3) is 5.91 Å². The molecule has 2 aromatic carbocycles. The van der Waals surface area contributed by atoms with Crippen molar-refractivity contribution in [1.29, 1.82) is 0 Å². The Balaban J connectivity index is 2.22. The Bertz CT molecular complexity index is 791. The molecule has 1 atom stereocenters. The maximum atomic E-state index is 12.8. The maximum Gasteiger partial charge on any atom is 0.416 e. The molecule has 0 aliphatic rings. The minimum Gasteiger partial charge on any atom is -0.362 e. The Morgan fingerprint density at radius 1 is 1.04 bits per heavy atom. The lowest BCUT2D eigenvalue weighted by Gasteiger charge is -2.27. The zero-order chi connectivity index (χ0) is 19.5. The van der Waals surface area contributed by atoms with Gasteiger partial charge in [-0.2, -0.15) is 13.2 Å². The summed E-state index contributed by atoms with van der Waals surface area (Å²) >= 11 is 17.6. The van der Waals surface area contributed by atoms with Crippen LogP contribution in [0.1, 0.15) is 21.5 Å². The van der Waals surface area contributed by atoms with Gasteiger partial charge in [0, 0.05) is 11.3 Å². The first-order chi connectivity index (χ1) is 12.0. The molecule has 3 nitrogen and oxygen atoms in total. The summed E-state index contributed by atoms with van der Waals surface area (Å²) in [4.78, 5) is 12.4. The fourth-order valence-electron chi connectivity index (χ4n) is 2.15. The van der Waals surface area contributed by atoms with Crippen LogP contribution in [0.2, 0.25) is 0 Å². The van der Waals surface area contributed by atoms with Gasteiger partial charge in [-0.25, -0.2) is 0 Å². The van der Waals surface area contributed by atoms with E-state index in [0.717, 1.165) is 17.7 Å². The number of halogens is 6. The Hall–Kier alpha value is -1.63. The molecule has 0 heterocycles. The third kappa shape index (κ3) is 5.69. The van der Waals surface area contributed by atoms with Crippen molar-refractivity contribution in [1.82, 2.24) is 5.32 Å². The van der Waals surface area contributed by atoms with Crippen LogP contribution in [0.25, 0.3) is 0 Å².